The van der Waals surface area contributed by atoms with Crippen LogP contribution in [0.2, 0.25) is 0 Å². The third-order valence-electron chi connectivity index (χ3n) is 2.86. The lowest BCUT2D eigenvalue weighted by atomic mass is 10.1. The smallest absolute Gasteiger partial charge is 0.220 e. The zero-order valence-electron chi connectivity index (χ0n) is 11.2. The number of hydrogen-bond donors (Lipinski definition) is 1. The number of hydrogen-bond acceptors (Lipinski definition) is 3. The van der Waals surface area contributed by atoms with Crippen LogP contribution < -0.4 is 10.1 Å². The lowest BCUT2D eigenvalue weighted by Crippen LogP contribution is -2.22. The minimum atomic E-state index is 0.0670. The normalized spacial score (nSPS) is 10.3. The fourth-order valence-corrected chi connectivity index (χ4v) is 3.23. The molecule has 0 aliphatic heterocycles. The van der Waals surface area contributed by atoms with Crippen LogP contribution in [-0.2, 0) is 17.8 Å². The molecule has 20 heavy (non-hydrogen) atoms. The predicted molar refractivity (Wildman–Crippen MR) is 85.2 cm³/mol. The number of methoxy groups -OCH3 is 1. The third kappa shape index (κ3) is 4.65. The zero-order valence-corrected chi connectivity index (χ0v) is 13.6. The standard InChI is InChI=1S/C15H16BrNO2S/c1-19-12-4-2-3-11(9-12)5-8-15(18)17-10-13-6-7-14(16)20-13/h2-4,6-7,9H,5,8,10H2,1H3,(H,17,18). The van der Waals surface area contributed by atoms with Crippen molar-refractivity contribution >= 4 is 33.2 Å². The Balaban J connectivity index is 1.77. The van der Waals surface area contributed by atoms with Crippen LogP contribution >= 0.6 is 27.3 Å². The Kier molecular flexibility index (Phi) is 5.61. The highest BCUT2D eigenvalue weighted by molar-refractivity contribution is 9.11. The van der Waals surface area contributed by atoms with Crippen molar-refractivity contribution in [3.05, 3.63) is 50.6 Å². The summed E-state index contributed by atoms with van der Waals surface area (Å²) in [4.78, 5) is 12.9. The number of halogens is 1. The average Bonchev–Trinajstić information content (AvgIpc) is 2.89. The Morgan fingerprint density at radius 3 is 2.90 bits per heavy atom. The van der Waals surface area contributed by atoms with E-state index in [1.54, 1.807) is 18.4 Å². The second-order valence-electron chi connectivity index (χ2n) is 4.33. The number of benzene rings is 1. The third-order valence-corrected chi connectivity index (χ3v) is 4.49. The van der Waals surface area contributed by atoms with Crippen molar-refractivity contribution in [2.24, 2.45) is 0 Å². The van der Waals surface area contributed by atoms with Gasteiger partial charge in [-0.25, -0.2) is 0 Å². The fraction of sp³-hybridized carbons (Fsp3) is 0.267. The number of carbonyl (C=O) groups excluding carboxylic acids is 1. The van der Waals surface area contributed by atoms with Gasteiger partial charge in [0.05, 0.1) is 17.4 Å². The van der Waals surface area contributed by atoms with E-state index >= 15 is 0 Å². The van der Waals surface area contributed by atoms with Crippen LogP contribution in [0.15, 0.2) is 40.2 Å². The number of amides is 1. The number of carbonyl (C=O) groups is 1. The Bertz CT molecular complexity index is 583. The number of aryl methyl sites for hydroxylation is 1. The van der Waals surface area contributed by atoms with Gasteiger partial charge in [-0.2, -0.15) is 0 Å². The molecule has 1 N–H and O–H groups in total. The number of rotatable bonds is 6. The van der Waals surface area contributed by atoms with E-state index in [2.05, 4.69) is 21.2 Å². The molecule has 106 valence electrons. The summed E-state index contributed by atoms with van der Waals surface area (Å²) in [5.41, 5.74) is 1.11. The molecule has 0 saturated carbocycles. The van der Waals surface area contributed by atoms with Crippen molar-refractivity contribution in [3.8, 4) is 5.75 Å². The van der Waals surface area contributed by atoms with Crippen LogP contribution in [0.25, 0.3) is 0 Å². The monoisotopic (exact) mass is 353 g/mol. The van der Waals surface area contributed by atoms with Gasteiger partial charge in [0.2, 0.25) is 5.91 Å². The van der Waals surface area contributed by atoms with Crippen LogP contribution in [-0.4, -0.2) is 13.0 Å². The molecule has 0 aliphatic rings. The van der Waals surface area contributed by atoms with Crippen LogP contribution in [0, 0.1) is 0 Å². The van der Waals surface area contributed by atoms with Gasteiger partial charge in [0.15, 0.2) is 0 Å². The van der Waals surface area contributed by atoms with E-state index in [0.29, 0.717) is 13.0 Å². The molecule has 2 aromatic rings. The molecule has 1 amide bonds. The Hall–Kier alpha value is -1.33. The molecule has 0 spiro atoms. The topological polar surface area (TPSA) is 38.3 Å². The molecule has 3 nitrogen and oxygen atoms in total. The van der Waals surface area contributed by atoms with E-state index in [1.165, 1.54) is 0 Å². The van der Waals surface area contributed by atoms with E-state index in [1.807, 2.05) is 36.4 Å². The van der Waals surface area contributed by atoms with Gasteiger partial charge in [0.1, 0.15) is 5.75 Å². The first kappa shape index (κ1) is 15.1. The minimum Gasteiger partial charge on any atom is -0.497 e. The molecule has 2 rings (SSSR count). The fourth-order valence-electron chi connectivity index (χ4n) is 1.81. The van der Waals surface area contributed by atoms with Gasteiger partial charge < -0.3 is 10.1 Å². The molecule has 1 aromatic heterocycles. The highest BCUT2D eigenvalue weighted by Gasteiger charge is 2.04. The SMILES string of the molecule is COc1cccc(CCC(=O)NCc2ccc(Br)s2)c1. The van der Waals surface area contributed by atoms with E-state index in [9.17, 15) is 4.79 Å². The largest absolute Gasteiger partial charge is 0.497 e. The molecule has 0 atom stereocenters. The quantitative estimate of drug-likeness (QED) is 0.858. The molecule has 0 bridgehead atoms. The van der Waals surface area contributed by atoms with Crippen molar-refractivity contribution in [2.45, 2.75) is 19.4 Å². The Morgan fingerprint density at radius 2 is 2.20 bits per heavy atom. The maximum absolute atomic E-state index is 11.8. The molecule has 0 radical (unpaired) electrons. The maximum atomic E-state index is 11.8. The first-order valence-corrected chi connectivity index (χ1v) is 7.92. The minimum absolute atomic E-state index is 0.0670. The van der Waals surface area contributed by atoms with Gasteiger partial charge in [0.25, 0.3) is 0 Å². The van der Waals surface area contributed by atoms with Gasteiger partial charge in [-0.3, -0.25) is 4.79 Å². The first-order chi connectivity index (χ1) is 9.67. The molecule has 1 aromatic carbocycles. The summed E-state index contributed by atoms with van der Waals surface area (Å²) in [6, 6.07) is 11.8. The molecule has 0 saturated heterocycles. The highest BCUT2D eigenvalue weighted by atomic mass is 79.9. The van der Waals surface area contributed by atoms with Gasteiger partial charge >= 0.3 is 0 Å². The summed E-state index contributed by atoms with van der Waals surface area (Å²) in [6.45, 7) is 0.590. The van der Waals surface area contributed by atoms with Gasteiger partial charge in [-0.1, -0.05) is 12.1 Å². The lowest BCUT2D eigenvalue weighted by molar-refractivity contribution is -0.121. The van der Waals surface area contributed by atoms with Crippen LogP contribution in [0.1, 0.15) is 16.9 Å². The molecule has 0 unspecified atom stereocenters. The molecule has 0 aliphatic carbocycles. The zero-order chi connectivity index (χ0) is 14.4. The van der Waals surface area contributed by atoms with Crippen molar-refractivity contribution < 1.29 is 9.53 Å². The van der Waals surface area contributed by atoms with Crippen LogP contribution in [0.5, 0.6) is 5.75 Å². The predicted octanol–water partition coefficient (Wildman–Crippen LogP) is 3.77. The van der Waals surface area contributed by atoms with E-state index in [0.717, 1.165) is 26.4 Å². The van der Waals surface area contributed by atoms with Gasteiger partial charge in [0, 0.05) is 11.3 Å². The highest BCUT2D eigenvalue weighted by Crippen LogP contribution is 2.21. The summed E-state index contributed by atoms with van der Waals surface area (Å²) in [7, 11) is 1.64. The molecular weight excluding hydrogens is 338 g/mol. The molecule has 5 heteroatoms. The molecule has 1 heterocycles. The summed E-state index contributed by atoms with van der Waals surface area (Å²) in [6.07, 6.45) is 1.21. The van der Waals surface area contributed by atoms with E-state index in [4.69, 9.17) is 4.74 Å². The summed E-state index contributed by atoms with van der Waals surface area (Å²) in [5.74, 6) is 0.892. The molecule has 0 fully saturated rings. The van der Waals surface area contributed by atoms with Crippen molar-refractivity contribution in [1.82, 2.24) is 5.32 Å². The van der Waals surface area contributed by atoms with Crippen molar-refractivity contribution in [1.29, 1.82) is 0 Å². The van der Waals surface area contributed by atoms with Crippen molar-refractivity contribution in [3.63, 3.8) is 0 Å². The number of ether oxygens (including phenoxy) is 1. The first-order valence-electron chi connectivity index (χ1n) is 6.31. The second-order valence-corrected chi connectivity index (χ2v) is 6.88. The Labute approximate surface area is 131 Å². The van der Waals surface area contributed by atoms with Crippen LogP contribution in [0.4, 0.5) is 0 Å². The van der Waals surface area contributed by atoms with Gasteiger partial charge in [-0.05, 0) is 52.2 Å². The maximum Gasteiger partial charge on any atom is 0.220 e. The second kappa shape index (κ2) is 7.45. The average molecular weight is 354 g/mol. The van der Waals surface area contributed by atoms with E-state index in [-0.39, 0.29) is 5.91 Å². The molecular formula is C15H16BrNO2S. The summed E-state index contributed by atoms with van der Waals surface area (Å²) >= 11 is 5.04. The van der Waals surface area contributed by atoms with E-state index < -0.39 is 0 Å². The number of nitrogens with one attached hydrogen (secondary N) is 1. The lowest BCUT2D eigenvalue weighted by Gasteiger charge is -2.05. The van der Waals surface area contributed by atoms with Crippen LogP contribution in [0.3, 0.4) is 0 Å². The Morgan fingerprint density at radius 1 is 1.35 bits per heavy atom. The number of thiophene rings is 1. The summed E-state index contributed by atoms with van der Waals surface area (Å²) in [5, 5.41) is 2.93. The summed E-state index contributed by atoms with van der Waals surface area (Å²) < 4.78 is 6.25. The van der Waals surface area contributed by atoms with Gasteiger partial charge in [-0.15, -0.1) is 11.3 Å². The van der Waals surface area contributed by atoms with Crippen molar-refractivity contribution in [2.75, 3.05) is 7.11 Å².